The van der Waals surface area contributed by atoms with Gasteiger partial charge in [0.15, 0.2) is 6.61 Å². The summed E-state index contributed by atoms with van der Waals surface area (Å²) in [5, 5.41) is 15.2. The Labute approximate surface area is 175 Å². The van der Waals surface area contributed by atoms with Gasteiger partial charge in [0, 0.05) is 16.0 Å². The number of thiophene rings is 1. The number of benzene rings is 2. The Hall–Kier alpha value is -3.47. The quantitative estimate of drug-likeness (QED) is 0.496. The van der Waals surface area contributed by atoms with E-state index in [1.54, 1.807) is 24.3 Å². The average Bonchev–Trinajstić information content (AvgIpc) is 3.18. The zero-order chi connectivity index (χ0) is 20.2. The Kier molecular flexibility index (Phi) is 5.38. The molecule has 2 aromatic carbocycles. The van der Waals surface area contributed by atoms with E-state index in [-0.39, 0.29) is 12.5 Å². The summed E-state index contributed by atoms with van der Waals surface area (Å²) in [5.41, 5.74) is 2.68. The molecule has 1 amide bonds. The second-order valence-corrected chi connectivity index (χ2v) is 7.30. The summed E-state index contributed by atoms with van der Waals surface area (Å²) < 4.78 is 5.71. The Bertz CT molecular complexity index is 1230. The van der Waals surface area contributed by atoms with Crippen molar-refractivity contribution in [2.45, 2.75) is 0 Å². The molecular weight excluding hydrogens is 408 g/mol. The lowest BCUT2D eigenvalue weighted by molar-refractivity contribution is -0.118. The number of ether oxygens (including phenoxy) is 1. The standard InChI is InChI=1S/C21H13ClN4O2S/c22-15-7-5-13(6-8-15)16-11-29-21-19(16)20(24-12-25-21)28-10-18(27)26-17-4-2-1-3-14(17)9-23/h1-8,11-12H,10H2,(H,26,27). The lowest BCUT2D eigenvalue weighted by Gasteiger charge is -2.09. The fourth-order valence-corrected chi connectivity index (χ4v) is 3.84. The SMILES string of the molecule is N#Cc1ccccc1NC(=O)COc1ncnc2scc(-c3ccc(Cl)cc3)c12. The molecule has 0 spiro atoms. The van der Waals surface area contributed by atoms with Crippen LogP contribution in [0.15, 0.2) is 60.2 Å². The van der Waals surface area contributed by atoms with Crippen LogP contribution in [-0.4, -0.2) is 22.5 Å². The number of rotatable bonds is 5. The van der Waals surface area contributed by atoms with E-state index in [2.05, 4.69) is 15.3 Å². The molecule has 0 aliphatic heterocycles. The fourth-order valence-electron chi connectivity index (χ4n) is 2.81. The highest BCUT2D eigenvalue weighted by Gasteiger charge is 2.16. The third-order valence-electron chi connectivity index (χ3n) is 4.15. The maximum Gasteiger partial charge on any atom is 0.262 e. The molecule has 2 heterocycles. The number of para-hydroxylation sites is 1. The monoisotopic (exact) mass is 420 g/mol. The molecule has 8 heteroatoms. The van der Waals surface area contributed by atoms with Gasteiger partial charge in [0.05, 0.1) is 16.6 Å². The summed E-state index contributed by atoms with van der Waals surface area (Å²) in [5.74, 6) is -0.0624. The highest BCUT2D eigenvalue weighted by atomic mass is 35.5. The third-order valence-corrected chi connectivity index (χ3v) is 5.29. The molecule has 2 aromatic heterocycles. The number of aromatic nitrogens is 2. The van der Waals surface area contributed by atoms with Gasteiger partial charge in [0.25, 0.3) is 5.91 Å². The number of nitriles is 1. The van der Waals surface area contributed by atoms with Gasteiger partial charge >= 0.3 is 0 Å². The van der Waals surface area contributed by atoms with Crippen molar-refractivity contribution in [1.29, 1.82) is 5.26 Å². The van der Waals surface area contributed by atoms with Crippen LogP contribution in [0.2, 0.25) is 5.02 Å². The van der Waals surface area contributed by atoms with Gasteiger partial charge in [-0.1, -0.05) is 35.9 Å². The molecule has 0 aliphatic rings. The van der Waals surface area contributed by atoms with Gasteiger partial charge in [-0.3, -0.25) is 4.79 Å². The smallest absolute Gasteiger partial charge is 0.262 e. The zero-order valence-electron chi connectivity index (χ0n) is 14.9. The van der Waals surface area contributed by atoms with Crippen molar-refractivity contribution in [2.24, 2.45) is 0 Å². The van der Waals surface area contributed by atoms with Crippen molar-refractivity contribution >= 4 is 44.7 Å². The van der Waals surface area contributed by atoms with E-state index in [0.29, 0.717) is 22.2 Å². The number of anilines is 1. The number of carbonyl (C=O) groups excluding carboxylic acids is 1. The molecule has 4 rings (SSSR count). The van der Waals surface area contributed by atoms with Gasteiger partial charge in [-0.05, 0) is 29.8 Å². The second kappa shape index (κ2) is 8.27. The van der Waals surface area contributed by atoms with Crippen LogP contribution in [0.5, 0.6) is 5.88 Å². The molecule has 0 radical (unpaired) electrons. The topological polar surface area (TPSA) is 87.9 Å². The number of hydrogen-bond acceptors (Lipinski definition) is 6. The molecule has 0 aliphatic carbocycles. The molecular formula is C21H13ClN4O2S. The molecule has 0 atom stereocenters. The highest BCUT2D eigenvalue weighted by molar-refractivity contribution is 7.17. The van der Waals surface area contributed by atoms with E-state index in [4.69, 9.17) is 21.6 Å². The van der Waals surface area contributed by atoms with Crippen LogP contribution in [-0.2, 0) is 4.79 Å². The maximum absolute atomic E-state index is 12.3. The minimum absolute atomic E-state index is 0.248. The van der Waals surface area contributed by atoms with Crippen molar-refractivity contribution in [3.8, 4) is 23.1 Å². The van der Waals surface area contributed by atoms with E-state index < -0.39 is 0 Å². The lowest BCUT2D eigenvalue weighted by atomic mass is 10.1. The van der Waals surface area contributed by atoms with E-state index in [1.165, 1.54) is 17.7 Å². The Morgan fingerprint density at radius 1 is 1.17 bits per heavy atom. The van der Waals surface area contributed by atoms with Crippen LogP contribution < -0.4 is 10.1 Å². The van der Waals surface area contributed by atoms with E-state index in [1.807, 2.05) is 35.7 Å². The lowest BCUT2D eigenvalue weighted by Crippen LogP contribution is -2.21. The number of nitrogens with zero attached hydrogens (tertiary/aromatic N) is 3. The average molecular weight is 421 g/mol. The predicted octanol–water partition coefficient (Wildman–Crippen LogP) is 4.90. The molecule has 0 fully saturated rings. The summed E-state index contributed by atoms with van der Waals surface area (Å²) >= 11 is 7.45. The Morgan fingerprint density at radius 2 is 1.97 bits per heavy atom. The van der Waals surface area contributed by atoms with Crippen molar-refractivity contribution in [2.75, 3.05) is 11.9 Å². The van der Waals surface area contributed by atoms with Crippen molar-refractivity contribution in [3.63, 3.8) is 0 Å². The summed E-state index contributed by atoms with van der Waals surface area (Å²) in [6.07, 6.45) is 1.41. The summed E-state index contributed by atoms with van der Waals surface area (Å²) in [6.45, 7) is -0.248. The molecule has 6 nitrogen and oxygen atoms in total. The minimum Gasteiger partial charge on any atom is -0.467 e. The Morgan fingerprint density at radius 3 is 2.76 bits per heavy atom. The van der Waals surface area contributed by atoms with Crippen molar-refractivity contribution < 1.29 is 9.53 Å². The van der Waals surface area contributed by atoms with E-state index >= 15 is 0 Å². The molecule has 29 heavy (non-hydrogen) atoms. The normalized spacial score (nSPS) is 10.5. The number of carbonyl (C=O) groups is 1. The van der Waals surface area contributed by atoms with Gasteiger partial charge in [-0.2, -0.15) is 5.26 Å². The summed E-state index contributed by atoms with van der Waals surface area (Å²) in [6, 6.07) is 16.3. The highest BCUT2D eigenvalue weighted by Crippen LogP contribution is 2.37. The van der Waals surface area contributed by atoms with Gasteiger partial charge in [-0.25, -0.2) is 9.97 Å². The van der Waals surface area contributed by atoms with E-state index in [9.17, 15) is 4.79 Å². The zero-order valence-corrected chi connectivity index (χ0v) is 16.5. The van der Waals surface area contributed by atoms with Crippen molar-refractivity contribution in [3.05, 3.63) is 70.8 Å². The van der Waals surface area contributed by atoms with Gasteiger partial charge in [-0.15, -0.1) is 11.3 Å². The fraction of sp³-hybridized carbons (Fsp3) is 0.0476. The second-order valence-electron chi connectivity index (χ2n) is 6.01. The first kappa shape index (κ1) is 18.9. The predicted molar refractivity (Wildman–Crippen MR) is 113 cm³/mol. The van der Waals surface area contributed by atoms with Crippen molar-refractivity contribution in [1.82, 2.24) is 9.97 Å². The molecule has 0 saturated carbocycles. The number of halogens is 1. The number of nitrogens with one attached hydrogen (secondary N) is 1. The van der Waals surface area contributed by atoms with Crippen LogP contribution in [0.4, 0.5) is 5.69 Å². The van der Waals surface area contributed by atoms with Crippen LogP contribution in [0.1, 0.15) is 5.56 Å². The van der Waals surface area contributed by atoms with Crippen LogP contribution >= 0.6 is 22.9 Å². The molecule has 4 aromatic rings. The first-order valence-corrected chi connectivity index (χ1v) is 9.81. The number of amides is 1. The number of hydrogen-bond donors (Lipinski definition) is 1. The first-order chi connectivity index (χ1) is 14.2. The molecule has 0 saturated heterocycles. The van der Waals surface area contributed by atoms with Gasteiger partial charge in [0.1, 0.15) is 17.2 Å². The minimum atomic E-state index is -0.386. The van der Waals surface area contributed by atoms with Gasteiger partial charge < -0.3 is 10.1 Å². The molecule has 1 N–H and O–H groups in total. The maximum atomic E-state index is 12.3. The summed E-state index contributed by atoms with van der Waals surface area (Å²) in [4.78, 5) is 21.6. The molecule has 0 bridgehead atoms. The largest absolute Gasteiger partial charge is 0.467 e. The van der Waals surface area contributed by atoms with Crippen LogP contribution in [0.25, 0.3) is 21.3 Å². The molecule has 142 valence electrons. The van der Waals surface area contributed by atoms with E-state index in [0.717, 1.165) is 21.3 Å². The molecule has 0 unspecified atom stereocenters. The van der Waals surface area contributed by atoms with Gasteiger partial charge in [0.2, 0.25) is 5.88 Å². The number of fused-ring (bicyclic) bond motifs is 1. The van der Waals surface area contributed by atoms with Crippen LogP contribution in [0.3, 0.4) is 0 Å². The Balaban J connectivity index is 1.57. The first-order valence-electron chi connectivity index (χ1n) is 8.55. The summed E-state index contributed by atoms with van der Waals surface area (Å²) in [7, 11) is 0. The van der Waals surface area contributed by atoms with Crippen LogP contribution in [0, 0.1) is 11.3 Å². The third kappa shape index (κ3) is 4.04.